The molecule has 126 valence electrons. The van der Waals surface area contributed by atoms with Gasteiger partial charge in [-0.05, 0) is 103 Å². The molecular formula is C16H14Br2IN3O2. The average molecular weight is 567 g/mol. The van der Waals surface area contributed by atoms with Crippen molar-refractivity contribution in [1.29, 1.82) is 0 Å². The van der Waals surface area contributed by atoms with E-state index in [1.807, 2.05) is 25.1 Å². The van der Waals surface area contributed by atoms with E-state index in [4.69, 9.17) is 0 Å². The van der Waals surface area contributed by atoms with Crippen molar-refractivity contribution >= 4 is 72.3 Å². The molecule has 0 saturated heterocycles. The molecule has 0 atom stereocenters. The van der Waals surface area contributed by atoms with E-state index in [2.05, 4.69) is 70.3 Å². The van der Waals surface area contributed by atoms with Crippen LogP contribution in [-0.2, 0) is 4.79 Å². The minimum Gasteiger partial charge on any atom is -0.506 e. The van der Waals surface area contributed by atoms with Gasteiger partial charge < -0.3 is 10.4 Å². The molecule has 0 aromatic heterocycles. The third-order valence-corrected chi connectivity index (χ3v) is 5.47. The van der Waals surface area contributed by atoms with Gasteiger partial charge in [-0.3, -0.25) is 4.79 Å². The number of phenolic OH excluding ortho intramolecular Hbond substituents is 1. The molecule has 0 fully saturated rings. The van der Waals surface area contributed by atoms with Crippen molar-refractivity contribution in [2.24, 2.45) is 5.10 Å². The second kappa shape index (κ2) is 8.82. The zero-order chi connectivity index (χ0) is 17.7. The van der Waals surface area contributed by atoms with E-state index in [0.717, 1.165) is 16.8 Å². The van der Waals surface area contributed by atoms with Gasteiger partial charge in [0.05, 0.1) is 21.7 Å². The SMILES string of the molecule is Cc1cc(NCC(=O)N/N=C/c2cc(Br)c(O)c(Br)c2)ccc1I. The van der Waals surface area contributed by atoms with Gasteiger partial charge in [0.2, 0.25) is 0 Å². The molecular weight excluding hydrogens is 553 g/mol. The van der Waals surface area contributed by atoms with Crippen molar-refractivity contribution in [3.8, 4) is 5.75 Å². The standard InChI is InChI=1S/C16H14Br2IN3O2/c1-9-4-11(2-3-14(9)19)20-8-15(23)22-21-7-10-5-12(17)16(24)13(18)6-10/h2-7,20,24H,8H2,1H3,(H,22,23)/b21-7+. The Labute approximate surface area is 170 Å². The number of aryl methyl sites for hydroxylation is 1. The Morgan fingerprint density at radius 2 is 1.96 bits per heavy atom. The van der Waals surface area contributed by atoms with Gasteiger partial charge in [-0.2, -0.15) is 5.10 Å². The Hall–Kier alpha value is -1.13. The van der Waals surface area contributed by atoms with E-state index in [9.17, 15) is 9.90 Å². The van der Waals surface area contributed by atoms with E-state index < -0.39 is 0 Å². The van der Waals surface area contributed by atoms with Crippen molar-refractivity contribution in [2.75, 3.05) is 11.9 Å². The van der Waals surface area contributed by atoms with Crippen LogP contribution in [0.2, 0.25) is 0 Å². The first-order valence-electron chi connectivity index (χ1n) is 6.86. The third kappa shape index (κ3) is 5.45. The molecule has 0 aliphatic heterocycles. The van der Waals surface area contributed by atoms with Gasteiger partial charge in [0.25, 0.3) is 5.91 Å². The second-order valence-electron chi connectivity index (χ2n) is 4.94. The van der Waals surface area contributed by atoms with E-state index in [-0.39, 0.29) is 18.2 Å². The number of aromatic hydroxyl groups is 1. The van der Waals surface area contributed by atoms with Gasteiger partial charge >= 0.3 is 0 Å². The molecule has 24 heavy (non-hydrogen) atoms. The third-order valence-electron chi connectivity index (χ3n) is 3.05. The molecule has 0 bridgehead atoms. The van der Waals surface area contributed by atoms with Crippen LogP contribution in [0.25, 0.3) is 0 Å². The van der Waals surface area contributed by atoms with E-state index in [0.29, 0.717) is 8.95 Å². The molecule has 2 aromatic carbocycles. The number of rotatable bonds is 5. The maximum absolute atomic E-state index is 11.8. The molecule has 1 amide bonds. The van der Waals surface area contributed by atoms with E-state index in [1.54, 1.807) is 12.1 Å². The monoisotopic (exact) mass is 565 g/mol. The summed E-state index contributed by atoms with van der Waals surface area (Å²) in [5.41, 5.74) is 5.23. The predicted molar refractivity (Wildman–Crippen MR) is 112 cm³/mol. The average Bonchev–Trinajstić information content (AvgIpc) is 2.53. The lowest BCUT2D eigenvalue weighted by atomic mass is 10.2. The Morgan fingerprint density at radius 3 is 2.58 bits per heavy atom. The first-order valence-corrected chi connectivity index (χ1v) is 9.53. The number of nitrogens with zero attached hydrogens (tertiary/aromatic N) is 1. The molecule has 0 aliphatic rings. The number of benzene rings is 2. The van der Waals surface area contributed by atoms with Crippen molar-refractivity contribution in [1.82, 2.24) is 5.43 Å². The minimum atomic E-state index is -0.251. The number of hydrogen-bond acceptors (Lipinski definition) is 4. The van der Waals surface area contributed by atoms with Crippen molar-refractivity contribution < 1.29 is 9.90 Å². The summed E-state index contributed by atoms with van der Waals surface area (Å²) in [7, 11) is 0. The number of carbonyl (C=O) groups excluding carboxylic acids is 1. The van der Waals surface area contributed by atoms with Gasteiger partial charge in [-0.15, -0.1) is 0 Å². The van der Waals surface area contributed by atoms with Crippen LogP contribution in [0.1, 0.15) is 11.1 Å². The largest absolute Gasteiger partial charge is 0.506 e. The predicted octanol–water partition coefficient (Wildman–Crippen LogP) is 4.39. The zero-order valence-electron chi connectivity index (χ0n) is 12.6. The lowest BCUT2D eigenvalue weighted by Crippen LogP contribution is -2.25. The molecule has 2 aromatic rings. The first-order chi connectivity index (χ1) is 11.4. The fourth-order valence-corrected chi connectivity index (χ4v) is 3.37. The van der Waals surface area contributed by atoms with Crippen LogP contribution in [-0.4, -0.2) is 23.8 Å². The molecule has 2 rings (SSSR count). The van der Waals surface area contributed by atoms with Gasteiger partial charge in [-0.1, -0.05) is 0 Å². The van der Waals surface area contributed by atoms with Crippen LogP contribution in [0.15, 0.2) is 44.4 Å². The summed E-state index contributed by atoms with van der Waals surface area (Å²) in [6, 6.07) is 9.31. The lowest BCUT2D eigenvalue weighted by molar-refractivity contribution is -0.119. The van der Waals surface area contributed by atoms with Gasteiger partial charge in [0, 0.05) is 9.26 Å². The normalized spacial score (nSPS) is 10.8. The zero-order valence-corrected chi connectivity index (χ0v) is 17.9. The highest BCUT2D eigenvalue weighted by atomic mass is 127. The Bertz CT molecular complexity index is 774. The smallest absolute Gasteiger partial charge is 0.259 e. The Kier molecular flexibility index (Phi) is 7.05. The summed E-state index contributed by atoms with van der Waals surface area (Å²) >= 11 is 8.74. The quantitative estimate of drug-likeness (QED) is 0.285. The number of anilines is 1. The van der Waals surface area contributed by atoms with Crippen LogP contribution in [0.5, 0.6) is 5.75 Å². The highest BCUT2D eigenvalue weighted by molar-refractivity contribution is 14.1. The van der Waals surface area contributed by atoms with Crippen molar-refractivity contribution in [3.63, 3.8) is 0 Å². The number of phenols is 1. The molecule has 0 spiro atoms. The van der Waals surface area contributed by atoms with Gasteiger partial charge in [-0.25, -0.2) is 5.43 Å². The van der Waals surface area contributed by atoms with Crippen molar-refractivity contribution in [3.05, 3.63) is 54.0 Å². The molecule has 5 nitrogen and oxygen atoms in total. The van der Waals surface area contributed by atoms with Crippen LogP contribution in [0.3, 0.4) is 0 Å². The molecule has 8 heteroatoms. The number of hydrogen-bond donors (Lipinski definition) is 3. The van der Waals surface area contributed by atoms with E-state index in [1.165, 1.54) is 9.78 Å². The molecule has 0 unspecified atom stereocenters. The number of halogens is 3. The summed E-state index contributed by atoms with van der Waals surface area (Å²) < 4.78 is 2.26. The fraction of sp³-hybridized carbons (Fsp3) is 0.125. The topological polar surface area (TPSA) is 73.7 Å². The summed E-state index contributed by atoms with van der Waals surface area (Å²) in [5.74, 6) is -0.132. The second-order valence-corrected chi connectivity index (χ2v) is 7.81. The Balaban J connectivity index is 1.87. The summed E-state index contributed by atoms with van der Waals surface area (Å²) in [6.07, 6.45) is 1.50. The maximum atomic E-state index is 11.8. The number of hydrazone groups is 1. The van der Waals surface area contributed by atoms with Crippen LogP contribution < -0.4 is 10.7 Å². The minimum absolute atomic E-state index is 0.119. The van der Waals surface area contributed by atoms with Crippen LogP contribution in [0.4, 0.5) is 5.69 Å². The van der Waals surface area contributed by atoms with Gasteiger partial charge in [0.15, 0.2) is 0 Å². The molecule has 0 heterocycles. The van der Waals surface area contributed by atoms with Crippen molar-refractivity contribution in [2.45, 2.75) is 6.92 Å². The lowest BCUT2D eigenvalue weighted by Gasteiger charge is -2.07. The molecule has 3 N–H and O–H groups in total. The first kappa shape index (κ1) is 19.2. The van der Waals surface area contributed by atoms with Crippen LogP contribution >= 0.6 is 54.5 Å². The molecule has 0 aliphatic carbocycles. The van der Waals surface area contributed by atoms with Crippen LogP contribution in [0, 0.1) is 10.5 Å². The maximum Gasteiger partial charge on any atom is 0.259 e. The van der Waals surface area contributed by atoms with Gasteiger partial charge in [0.1, 0.15) is 5.75 Å². The van der Waals surface area contributed by atoms with E-state index >= 15 is 0 Å². The Morgan fingerprint density at radius 1 is 1.29 bits per heavy atom. The molecule has 0 saturated carbocycles. The number of carbonyl (C=O) groups is 1. The number of amides is 1. The highest BCUT2D eigenvalue weighted by Gasteiger charge is 2.05. The molecule has 0 radical (unpaired) electrons. The summed E-state index contributed by atoms with van der Waals surface area (Å²) in [5, 5.41) is 16.6. The summed E-state index contributed by atoms with van der Waals surface area (Å²) in [6.45, 7) is 2.14. The number of nitrogens with one attached hydrogen (secondary N) is 2. The summed E-state index contributed by atoms with van der Waals surface area (Å²) in [4.78, 5) is 11.8. The fourth-order valence-electron chi connectivity index (χ4n) is 1.81. The highest BCUT2D eigenvalue weighted by Crippen LogP contribution is 2.32.